The number of nitrogens with one attached hydrogen (secondary N) is 1. The van der Waals surface area contributed by atoms with E-state index >= 15 is 0 Å². The zero-order chi connectivity index (χ0) is 15.2. The molecule has 1 aromatic rings. The Morgan fingerprint density at radius 1 is 1.35 bits per heavy atom. The average Bonchev–Trinajstić information content (AvgIpc) is 2.38. The van der Waals surface area contributed by atoms with Gasteiger partial charge in [-0.25, -0.2) is 4.72 Å². The Kier molecular flexibility index (Phi) is 6.41. The second-order valence-electron chi connectivity index (χ2n) is 4.24. The molecule has 0 spiro atoms. The lowest BCUT2D eigenvalue weighted by Crippen LogP contribution is -2.40. The van der Waals surface area contributed by atoms with Crippen molar-refractivity contribution in [1.82, 2.24) is 9.03 Å². The highest BCUT2D eigenvalue weighted by atomic mass is 35.5. The fourth-order valence-corrected chi connectivity index (χ4v) is 2.50. The van der Waals surface area contributed by atoms with Gasteiger partial charge in [-0.05, 0) is 24.1 Å². The molecule has 0 fully saturated rings. The van der Waals surface area contributed by atoms with Gasteiger partial charge in [-0.2, -0.15) is 12.7 Å². The first kappa shape index (κ1) is 16.9. The van der Waals surface area contributed by atoms with Gasteiger partial charge in [-0.15, -0.1) is 0 Å². The van der Waals surface area contributed by atoms with E-state index in [-0.39, 0.29) is 19.5 Å². The molecule has 0 aliphatic heterocycles. The number of carbonyl (C=O) groups is 1. The molecule has 0 atom stereocenters. The number of carboxylic acids is 1. The fraction of sp³-hybridized carbons (Fsp3) is 0.417. The van der Waals surface area contributed by atoms with Crippen LogP contribution in [0, 0.1) is 0 Å². The lowest BCUT2D eigenvalue weighted by molar-refractivity contribution is -0.137. The van der Waals surface area contributed by atoms with E-state index in [1.54, 1.807) is 12.1 Å². The molecule has 0 unspecified atom stereocenters. The zero-order valence-corrected chi connectivity index (χ0v) is 12.6. The van der Waals surface area contributed by atoms with Crippen molar-refractivity contribution in [3.05, 3.63) is 34.9 Å². The predicted molar refractivity (Wildman–Crippen MR) is 77.0 cm³/mol. The van der Waals surface area contributed by atoms with Crippen LogP contribution in [0.2, 0.25) is 5.02 Å². The molecule has 2 N–H and O–H groups in total. The topological polar surface area (TPSA) is 86.7 Å². The van der Waals surface area contributed by atoms with Gasteiger partial charge in [0.05, 0.1) is 6.42 Å². The summed E-state index contributed by atoms with van der Waals surface area (Å²) < 4.78 is 27.0. The van der Waals surface area contributed by atoms with Gasteiger partial charge in [0.25, 0.3) is 10.2 Å². The van der Waals surface area contributed by atoms with E-state index in [0.717, 1.165) is 9.87 Å². The smallest absolute Gasteiger partial charge is 0.304 e. The first-order valence-electron chi connectivity index (χ1n) is 5.98. The van der Waals surface area contributed by atoms with E-state index in [0.29, 0.717) is 11.4 Å². The molecule has 6 nitrogen and oxygen atoms in total. The van der Waals surface area contributed by atoms with Crippen molar-refractivity contribution >= 4 is 27.8 Å². The highest BCUT2D eigenvalue weighted by Crippen LogP contribution is 2.09. The Balaban J connectivity index is 2.43. The minimum Gasteiger partial charge on any atom is -0.481 e. The number of benzene rings is 1. The Labute approximate surface area is 123 Å². The lowest BCUT2D eigenvalue weighted by Gasteiger charge is -2.16. The lowest BCUT2D eigenvalue weighted by atomic mass is 10.2. The maximum Gasteiger partial charge on any atom is 0.304 e. The first-order chi connectivity index (χ1) is 9.31. The summed E-state index contributed by atoms with van der Waals surface area (Å²) in [5, 5.41) is 9.15. The largest absolute Gasteiger partial charge is 0.481 e. The van der Waals surface area contributed by atoms with E-state index in [1.807, 2.05) is 12.1 Å². The summed E-state index contributed by atoms with van der Waals surface area (Å²) in [5.41, 5.74) is 0.963. The normalized spacial score (nSPS) is 11.8. The number of aliphatic carboxylic acids is 1. The molecule has 0 aromatic heterocycles. The summed E-state index contributed by atoms with van der Waals surface area (Å²) >= 11 is 5.75. The third-order valence-corrected chi connectivity index (χ3v) is 4.49. The third-order valence-electron chi connectivity index (χ3n) is 2.66. The minimum atomic E-state index is -3.64. The van der Waals surface area contributed by atoms with Gasteiger partial charge in [0.1, 0.15) is 0 Å². The zero-order valence-electron chi connectivity index (χ0n) is 11.0. The second kappa shape index (κ2) is 7.58. The monoisotopic (exact) mass is 320 g/mol. The Morgan fingerprint density at radius 2 is 1.95 bits per heavy atom. The number of rotatable bonds is 8. The van der Waals surface area contributed by atoms with Crippen molar-refractivity contribution in [2.75, 3.05) is 20.1 Å². The molecule has 0 radical (unpaired) electrons. The molecular weight excluding hydrogens is 304 g/mol. The molecular formula is C12H17ClN2O4S. The van der Waals surface area contributed by atoms with Crippen molar-refractivity contribution in [2.24, 2.45) is 0 Å². The SMILES string of the molecule is CN(CCC(=O)O)S(=O)(=O)NCCc1ccc(Cl)cc1. The molecule has 20 heavy (non-hydrogen) atoms. The highest BCUT2D eigenvalue weighted by Gasteiger charge is 2.17. The fourth-order valence-electron chi connectivity index (χ4n) is 1.46. The van der Waals surface area contributed by atoms with Gasteiger partial charge < -0.3 is 5.11 Å². The van der Waals surface area contributed by atoms with Gasteiger partial charge in [0.2, 0.25) is 0 Å². The van der Waals surface area contributed by atoms with E-state index in [4.69, 9.17) is 16.7 Å². The van der Waals surface area contributed by atoms with Crippen LogP contribution in [0.25, 0.3) is 0 Å². The van der Waals surface area contributed by atoms with Crippen LogP contribution in [0.5, 0.6) is 0 Å². The quantitative estimate of drug-likeness (QED) is 0.751. The van der Waals surface area contributed by atoms with Crippen LogP contribution in [0.1, 0.15) is 12.0 Å². The second-order valence-corrected chi connectivity index (χ2v) is 6.54. The predicted octanol–water partition coefficient (Wildman–Crippen LogP) is 1.12. The van der Waals surface area contributed by atoms with Crippen molar-refractivity contribution in [2.45, 2.75) is 12.8 Å². The minimum absolute atomic E-state index is 0.0639. The van der Waals surface area contributed by atoms with Crippen LogP contribution in [-0.2, 0) is 21.4 Å². The third kappa shape index (κ3) is 5.87. The molecule has 1 rings (SSSR count). The van der Waals surface area contributed by atoms with Gasteiger partial charge in [0.15, 0.2) is 0 Å². The molecule has 0 saturated heterocycles. The van der Waals surface area contributed by atoms with Crippen molar-refractivity contribution in [3.8, 4) is 0 Å². The maximum absolute atomic E-state index is 11.8. The van der Waals surface area contributed by atoms with Crippen molar-refractivity contribution in [1.29, 1.82) is 0 Å². The number of hydrogen-bond donors (Lipinski definition) is 2. The van der Waals surface area contributed by atoms with E-state index < -0.39 is 16.2 Å². The van der Waals surface area contributed by atoms with Gasteiger partial charge in [0, 0.05) is 25.2 Å². The van der Waals surface area contributed by atoms with E-state index in [2.05, 4.69) is 4.72 Å². The Morgan fingerprint density at radius 3 is 2.50 bits per heavy atom. The van der Waals surface area contributed by atoms with E-state index in [1.165, 1.54) is 7.05 Å². The van der Waals surface area contributed by atoms with Crippen LogP contribution < -0.4 is 4.72 Å². The summed E-state index contributed by atoms with van der Waals surface area (Å²) in [7, 11) is -2.30. The summed E-state index contributed by atoms with van der Waals surface area (Å²) in [4.78, 5) is 10.4. The van der Waals surface area contributed by atoms with Gasteiger partial charge in [-0.1, -0.05) is 23.7 Å². The molecule has 0 aliphatic carbocycles. The summed E-state index contributed by atoms with van der Waals surface area (Å²) in [6, 6.07) is 7.13. The maximum atomic E-state index is 11.8. The van der Waals surface area contributed by atoms with Crippen LogP contribution in [-0.4, -0.2) is 43.9 Å². The van der Waals surface area contributed by atoms with E-state index in [9.17, 15) is 13.2 Å². The molecule has 112 valence electrons. The molecule has 0 aliphatic rings. The summed E-state index contributed by atoms with van der Waals surface area (Å²) in [6.07, 6.45) is 0.303. The molecule has 0 heterocycles. The summed E-state index contributed by atoms with van der Waals surface area (Å²) in [5.74, 6) is -1.03. The van der Waals surface area contributed by atoms with Crippen LogP contribution in [0.15, 0.2) is 24.3 Å². The molecule has 1 aromatic carbocycles. The molecule has 0 amide bonds. The van der Waals surface area contributed by atoms with Gasteiger partial charge >= 0.3 is 5.97 Å². The van der Waals surface area contributed by atoms with Crippen LogP contribution in [0.3, 0.4) is 0 Å². The van der Waals surface area contributed by atoms with Crippen molar-refractivity contribution < 1.29 is 18.3 Å². The molecule has 8 heteroatoms. The van der Waals surface area contributed by atoms with Crippen LogP contribution in [0.4, 0.5) is 0 Å². The number of carboxylic acid groups (broad SMARTS) is 1. The molecule has 0 saturated carbocycles. The Hall–Kier alpha value is -1.15. The number of hydrogen-bond acceptors (Lipinski definition) is 3. The first-order valence-corrected chi connectivity index (χ1v) is 7.80. The Bertz CT molecular complexity index is 545. The standard InChI is InChI=1S/C12H17ClN2O4S/c1-15(9-7-12(16)17)20(18,19)14-8-6-10-2-4-11(13)5-3-10/h2-5,14H,6-9H2,1H3,(H,16,17). The highest BCUT2D eigenvalue weighted by molar-refractivity contribution is 7.87. The van der Waals surface area contributed by atoms with Crippen molar-refractivity contribution in [3.63, 3.8) is 0 Å². The van der Waals surface area contributed by atoms with Gasteiger partial charge in [-0.3, -0.25) is 4.79 Å². The summed E-state index contributed by atoms with van der Waals surface area (Å²) in [6.45, 7) is 0.174. The molecule has 0 bridgehead atoms. The average molecular weight is 321 g/mol. The number of nitrogens with zero attached hydrogens (tertiary/aromatic N) is 1. The number of halogens is 1. The van der Waals surface area contributed by atoms with Crippen LogP contribution >= 0.6 is 11.6 Å².